The summed E-state index contributed by atoms with van der Waals surface area (Å²) in [4.78, 5) is 20.2. The molecular weight excluding hydrogens is 382 g/mol. The molecule has 0 aliphatic rings. The minimum atomic E-state index is -0.833. The number of hydrogen-bond donors (Lipinski definition) is 1. The molecule has 0 bridgehead atoms. The Morgan fingerprint density at radius 3 is 2.05 bits per heavy atom. The number of aryl methyl sites for hydroxylation is 2. The van der Waals surface area contributed by atoms with Gasteiger partial charge >= 0.3 is 5.97 Å². The van der Waals surface area contributed by atoms with Crippen molar-refractivity contribution in [3.05, 3.63) is 28.8 Å². The molecule has 0 radical (unpaired) electrons. The molecular formula is C13H16ClIO4. The molecule has 0 atom stereocenters. The highest BCUT2D eigenvalue weighted by atomic mass is 127. The fourth-order valence-corrected chi connectivity index (χ4v) is 1.73. The van der Waals surface area contributed by atoms with E-state index in [1.807, 2.05) is 48.6 Å². The van der Waals surface area contributed by atoms with E-state index in [2.05, 4.69) is 0 Å². The fraction of sp³-hybridized carbons (Fsp3) is 0.385. The molecule has 0 spiro atoms. The molecule has 106 valence electrons. The van der Waals surface area contributed by atoms with Gasteiger partial charge in [-0.3, -0.25) is 9.59 Å². The largest absolute Gasteiger partial charge is 0.481 e. The lowest BCUT2D eigenvalue weighted by molar-refractivity contribution is -0.134. The zero-order valence-corrected chi connectivity index (χ0v) is 13.9. The maximum atomic E-state index is 11.2. The average Bonchev–Trinajstić information content (AvgIpc) is 2.32. The highest BCUT2D eigenvalue weighted by Gasteiger charge is 2.09. The van der Waals surface area contributed by atoms with E-state index in [4.69, 9.17) is 26.2 Å². The lowest BCUT2D eigenvalue weighted by Crippen LogP contribution is -2.10. The van der Waals surface area contributed by atoms with Gasteiger partial charge in [0.1, 0.15) is 5.75 Å². The van der Waals surface area contributed by atoms with E-state index in [-0.39, 0.29) is 5.97 Å². The number of esters is 1. The SMILES string of the molecule is CC(=O)O.Cc1cc(CCl)cc(C)c1OC(=O)CI. The molecule has 1 rings (SSSR count). The molecule has 0 unspecified atom stereocenters. The summed E-state index contributed by atoms with van der Waals surface area (Å²) in [6.07, 6.45) is 0. The van der Waals surface area contributed by atoms with Gasteiger partial charge in [-0.15, -0.1) is 11.6 Å². The third-order valence-electron chi connectivity index (χ3n) is 2.00. The maximum absolute atomic E-state index is 11.2. The zero-order valence-electron chi connectivity index (χ0n) is 11.0. The predicted octanol–water partition coefficient (Wildman–Crippen LogP) is 3.47. The van der Waals surface area contributed by atoms with Gasteiger partial charge in [-0.05, 0) is 30.5 Å². The Bertz CT molecular complexity index is 433. The van der Waals surface area contributed by atoms with Crippen molar-refractivity contribution in [2.24, 2.45) is 0 Å². The molecule has 1 N–H and O–H groups in total. The van der Waals surface area contributed by atoms with Gasteiger partial charge in [0.25, 0.3) is 5.97 Å². The van der Waals surface area contributed by atoms with Crippen LogP contribution in [0.25, 0.3) is 0 Å². The first kappa shape index (κ1) is 18.2. The Morgan fingerprint density at radius 1 is 1.32 bits per heavy atom. The summed E-state index contributed by atoms with van der Waals surface area (Å²) in [6, 6.07) is 3.88. The molecule has 0 heterocycles. The summed E-state index contributed by atoms with van der Waals surface area (Å²) in [5, 5.41) is 7.42. The van der Waals surface area contributed by atoms with Crippen molar-refractivity contribution >= 4 is 46.1 Å². The van der Waals surface area contributed by atoms with Crippen molar-refractivity contribution in [1.82, 2.24) is 0 Å². The molecule has 0 aliphatic heterocycles. The number of carboxylic acid groups (broad SMARTS) is 1. The van der Waals surface area contributed by atoms with Gasteiger partial charge in [-0.1, -0.05) is 34.7 Å². The van der Waals surface area contributed by atoms with Gasteiger partial charge in [0.15, 0.2) is 0 Å². The van der Waals surface area contributed by atoms with Crippen molar-refractivity contribution in [2.75, 3.05) is 4.43 Å². The van der Waals surface area contributed by atoms with Crippen LogP contribution in [0.3, 0.4) is 0 Å². The molecule has 19 heavy (non-hydrogen) atoms. The summed E-state index contributed by atoms with van der Waals surface area (Å²) in [6.45, 7) is 4.91. The van der Waals surface area contributed by atoms with Crippen LogP contribution in [0, 0.1) is 13.8 Å². The van der Waals surface area contributed by atoms with Crippen molar-refractivity contribution < 1.29 is 19.4 Å². The van der Waals surface area contributed by atoms with E-state index in [1.54, 1.807) is 0 Å². The van der Waals surface area contributed by atoms with E-state index in [0.29, 0.717) is 16.1 Å². The molecule has 4 nitrogen and oxygen atoms in total. The number of halogens is 2. The molecule has 0 aliphatic carbocycles. The first-order valence-electron chi connectivity index (χ1n) is 5.44. The maximum Gasteiger partial charge on any atom is 0.321 e. The van der Waals surface area contributed by atoms with Crippen LogP contribution in [0.1, 0.15) is 23.6 Å². The van der Waals surface area contributed by atoms with Gasteiger partial charge in [0, 0.05) is 12.8 Å². The third kappa shape index (κ3) is 7.37. The van der Waals surface area contributed by atoms with E-state index in [9.17, 15) is 4.79 Å². The molecule has 0 amide bonds. The summed E-state index contributed by atoms with van der Waals surface area (Å²) in [5.41, 5.74) is 2.94. The van der Waals surface area contributed by atoms with Gasteiger partial charge in [-0.25, -0.2) is 0 Å². The second-order valence-electron chi connectivity index (χ2n) is 3.82. The van der Waals surface area contributed by atoms with Gasteiger partial charge in [0.05, 0.1) is 4.43 Å². The number of aliphatic carboxylic acids is 1. The van der Waals surface area contributed by atoms with Crippen LogP contribution in [0.5, 0.6) is 5.75 Å². The number of ether oxygens (including phenoxy) is 1. The number of rotatable bonds is 3. The summed E-state index contributed by atoms with van der Waals surface area (Å²) >= 11 is 7.73. The Labute approximate surface area is 131 Å². The Kier molecular flexibility index (Phi) is 8.75. The van der Waals surface area contributed by atoms with Crippen LogP contribution in [-0.2, 0) is 15.5 Å². The van der Waals surface area contributed by atoms with Crippen molar-refractivity contribution in [3.63, 3.8) is 0 Å². The second kappa shape index (κ2) is 9.14. The first-order valence-corrected chi connectivity index (χ1v) is 7.50. The van der Waals surface area contributed by atoms with Crippen LogP contribution in [0.4, 0.5) is 0 Å². The van der Waals surface area contributed by atoms with Crippen LogP contribution in [0.2, 0.25) is 0 Å². The van der Waals surface area contributed by atoms with Crippen LogP contribution < -0.4 is 4.74 Å². The quantitative estimate of drug-likeness (QED) is 0.366. The van der Waals surface area contributed by atoms with Crippen molar-refractivity contribution in [3.8, 4) is 5.75 Å². The number of hydrogen-bond acceptors (Lipinski definition) is 3. The normalized spacial score (nSPS) is 9.32. The number of carbonyl (C=O) groups is 2. The molecule has 1 aromatic carbocycles. The second-order valence-corrected chi connectivity index (χ2v) is 4.85. The highest BCUT2D eigenvalue weighted by Crippen LogP contribution is 2.25. The number of alkyl halides is 2. The number of carbonyl (C=O) groups excluding carboxylic acids is 1. The topological polar surface area (TPSA) is 63.6 Å². The van der Waals surface area contributed by atoms with Gasteiger partial charge < -0.3 is 9.84 Å². The molecule has 0 saturated heterocycles. The Balaban J connectivity index is 0.000000711. The molecule has 0 saturated carbocycles. The van der Waals surface area contributed by atoms with Crippen molar-refractivity contribution in [1.29, 1.82) is 0 Å². The summed E-state index contributed by atoms with van der Waals surface area (Å²) in [7, 11) is 0. The van der Waals surface area contributed by atoms with Crippen LogP contribution in [0.15, 0.2) is 12.1 Å². The Morgan fingerprint density at radius 2 is 1.74 bits per heavy atom. The minimum Gasteiger partial charge on any atom is -0.481 e. The smallest absolute Gasteiger partial charge is 0.321 e. The van der Waals surface area contributed by atoms with Crippen LogP contribution in [-0.4, -0.2) is 21.5 Å². The molecule has 0 aromatic heterocycles. The van der Waals surface area contributed by atoms with E-state index < -0.39 is 5.97 Å². The Hall–Kier alpha value is -0.820. The van der Waals surface area contributed by atoms with E-state index in [1.165, 1.54) is 0 Å². The van der Waals surface area contributed by atoms with Gasteiger partial charge in [-0.2, -0.15) is 0 Å². The number of benzene rings is 1. The molecule has 0 fully saturated rings. The lowest BCUT2D eigenvalue weighted by atomic mass is 10.1. The first-order chi connectivity index (χ1) is 8.81. The molecule has 6 heteroatoms. The standard InChI is InChI=1S/C11H12ClIO2.C2H4O2/c1-7-3-9(5-12)4-8(2)11(7)15-10(14)6-13;1-2(3)4/h3-4H,5-6H2,1-2H3;1H3,(H,3,4). The average molecular weight is 399 g/mol. The monoisotopic (exact) mass is 398 g/mol. The van der Waals surface area contributed by atoms with Crippen LogP contribution >= 0.6 is 34.2 Å². The fourth-order valence-electron chi connectivity index (χ4n) is 1.42. The third-order valence-corrected chi connectivity index (χ3v) is 2.93. The van der Waals surface area contributed by atoms with Crippen molar-refractivity contribution in [2.45, 2.75) is 26.7 Å². The molecule has 1 aromatic rings. The summed E-state index contributed by atoms with van der Waals surface area (Å²) in [5.74, 6) is 0.0771. The summed E-state index contributed by atoms with van der Waals surface area (Å²) < 4.78 is 5.59. The zero-order chi connectivity index (χ0) is 15.0. The lowest BCUT2D eigenvalue weighted by Gasteiger charge is -2.11. The highest BCUT2D eigenvalue weighted by molar-refractivity contribution is 14.1. The number of carboxylic acids is 1. The van der Waals surface area contributed by atoms with E-state index in [0.717, 1.165) is 23.6 Å². The predicted molar refractivity (Wildman–Crippen MR) is 83.3 cm³/mol. The van der Waals surface area contributed by atoms with Gasteiger partial charge in [0.2, 0.25) is 0 Å². The minimum absolute atomic E-state index is 0.222. The van der Waals surface area contributed by atoms with E-state index >= 15 is 0 Å².